The normalized spacial score (nSPS) is 17.6. The molecule has 0 spiro atoms. The van der Waals surface area contributed by atoms with Crippen molar-refractivity contribution in [2.75, 3.05) is 9.80 Å². The third-order valence-corrected chi connectivity index (χ3v) is 15.2. The molecule has 3 aliphatic carbocycles. The second kappa shape index (κ2) is 11.3. The molecule has 0 bridgehead atoms. The molecule has 0 aromatic heterocycles. The molecule has 0 fully saturated rings. The maximum Gasteiger partial charge on any atom is 0.0601 e. The lowest BCUT2D eigenvalue weighted by atomic mass is 9.71. The van der Waals surface area contributed by atoms with Crippen LogP contribution in [0, 0.1) is 13.8 Å². The highest BCUT2D eigenvalue weighted by atomic mass is 32.2. The van der Waals surface area contributed by atoms with Crippen LogP contribution in [0.5, 0.6) is 0 Å². The zero-order valence-electron chi connectivity index (χ0n) is 31.7. The van der Waals surface area contributed by atoms with E-state index in [2.05, 4.69) is 173 Å². The summed E-state index contributed by atoms with van der Waals surface area (Å²) < 4.78 is 0. The number of rotatable bonds is 2. The molecule has 54 heavy (non-hydrogen) atoms. The van der Waals surface area contributed by atoms with E-state index in [0.717, 1.165) is 12.8 Å². The average molecular weight is 735 g/mol. The lowest BCUT2D eigenvalue weighted by Crippen LogP contribution is -2.25. The largest absolute Gasteiger partial charge is 0.309 e. The Kier molecular flexibility index (Phi) is 6.82. The fraction of sp³-hybridized carbons (Fsp3) is 0.200. The molecule has 2 aliphatic heterocycles. The first kappa shape index (κ1) is 32.5. The van der Waals surface area contributed by atoms with Gasteiger partial charge < -0.3 is 9.80 Å². The topological polar surface area (TPSA) is 6.48 Å². The third-order valence-electron chi connectivity index (χ3n) is 12.8. The van der Waals surface area contributed by atoms with Crippen molar-refractivity contribution in [2.24, 2.45) is 0 Å². The molecule has 0 amide bonds. The summed E-state index contributed by atoms with van der Waals surface area (Å²) in [5, 5.41) is 0. The van der Waals surface area contributed by atoms with Gasteiger partial charge in [0.15, 0.2) is 0 Å². The average Bonchev–Trinajstić information content (AvgIpc) is 3.56. The van der Waals surface area contributed by atoms with Gasteiger partial charge in [-0.15, -0.1) is 0 Å². The van der Waals surface area contributed by atoms with Gasteiger partial charge in [0, 0.05) is 41.8 Å². The summed E-state index contributed by atoms with van der Waals surface area (Å²) in [6.07, 6.45) is 6.90. The van der Waals surface area contributed by atoms with E-state index < -0.39 is 0 Å². The predicted molar refractivity (Wildman–Crippen MR) is 230 cm³/mol. The second-order valence-electron chi connectivity index (χ2n) is 16.5. The smallest absolute Gasteiger partial charge is 0.0601 e. The highest BCUT2D eigenvalue weighted by Crippen LogP contribution is 2.63. The summed E-state index contributed by atoms with van der Waals surface area (Å²) in [6, 6.07) is 41.2. The van der Waals surface area contributed by atoms with Crippen molar-refractivity contribution in [2.45, 2.75) is 79.9 Å². The van der Waals surface area contributed by atoms with Gasteiger partial charge in [-0.25, -0.2) is 0 Å². The van der Waals surface area contributed by atoms with Crippen molar-refractivity contribution in [3.05, 3.63) is 165 Å². The molecule has 0 saturated heterocycles. The molecule has 6 aromatic rings. The van der Waals surface area contributed by atoms with Gasteiger partial charge in [-0.1, -0.05) is 106 Å². The number of nitrogens with zero attached hydrogens (tertiary/aromatic N) is 2. The molecule has 4 heteroatoms. The van der Waals surface area contributed by atoms with E-state index >= 15 is 0 Å². The molecule has 0 unspecified atom stereocenters. The van der Waals surface area contributed by atoms with Gasteiger partial charge in [0.05, 0.1) is 22.8 Å². The summed E-state index contributed by atoms with van der Waals surface area (Å²) in [6.45, 7) is 14.6. The van der Waals surface area contributed by atoms with Crippen LogP contribution in [0.15, 0.2) is 147 Å². The highest BCUT2D eigenvalue weighted by Gasteiger charge is 2.48. The Balaban J connectivity index is 1.07. The molecular weight excluding hydrogens is 693 g/mol. The van der Waals surface area contributed by atoms with E-state index in [9.17, 15) is 0 Å². The number of hydrogen-bond acceptors (Lipinski definition) is 4. The van der Waals surface area contributed by atoms with Crippen LogP contribution in [0.1, 0.15) is 73.9 Å². The van der Waals surface area contributed by atoms with Crippen molar-refractivity contribution in [3.63, 3.8) is 0 Å². The maximum absolute atomic E-state index is 2.52. The van der Waals surface area contributed by atoms with Crippen LogP contribution in [0.2, 0.25) is 0 Å². The third kappa shape index (κ3) is 4.27. The fourth-order valence-corrected chi connectivity index (χ4v) is 12.4. The summed E-state index contributed by atoms with van der Waals surface area (Å²) in [5.41, 5.74) is 21.5. The minimum Gasteiger partial charge on any atom is -0.309 e. The minimum atomic E-state index is -0.190. The number of anilines is 5. The lowest BCUT2D eigenvalue weighted by molar-refractivity contribution is 0.600. The molecule has 2 nitrogen and oxygen atoms in total. The maximum atomic E-state index is 2.52. The van der Waals surface area contributed by atoms with Gasteiger partial charge >= 0.3 is 0 Å². The van der Waals surface area contributed by atoms with Crippen LogP contribution in [0.25, 0.3) is 22.3 Å². The van der Waals surface area contributed by atoms with Crippen molar-refractivity contribution in [1.82, 2.24) is 0 Å². The standard InChI is InChI=1S/C50H42N2S2/c1-29-30(2)46-34-26-24-32(52-39-17-9-13-21-43(39)54-44-22-14-10-18-40(44)52)28-36(34)50(5,6)48(46)47-45(29)33-25-23-31(27-35(33)49(47,3)4)51-37-15-7-11-19-41(37)53-42-20-12-8-16-38(42)51/h7-13,15-21,23-28H,14,22H2,1-6H3. The summed E-state index contributed by atoms with van der Waals surface area (Å²) in [4.78, 5) is 10.4. The predicted octanol–water partition coefficient (Wildman–Crippen LogP) is 14.7. The molecule has 5 aliphatic rings. The Morgan fingerprint density at radius 2 is 1.00 bits per heavy atom. The van der Waals surface area contributed by atoms with Gasteiger partial charge in [-0.05, 0) is 149 Å². The molecular formula is C50H42N2S2. The minimum absolute atomic E-state index is 0.184. The Morgan fingerprint density at radius 1 is 0.537 bits per heavy atom. The fourth-order valence-electron chi connectivity index (χ4n) is 10.2. The van der Waals surface area contributed by atoms with Gasteiger partial charge in [-0.3, -0.25) is 0 Å². The first-order valence-corrected chi connectivity index (χ1v) is 20.9. The van der Waals surface area contributed by atoms with Crippen LogP contribution in [0.3, 0.4) is 0 Å². The lowest BCUT2D eigenvalue weighted by Gasteiger charge is -2.36. The van der Waals surface area contributed by atoms with Gasteiger partial charge in [0.2, 0.25) is 0 Å². The first-order valence-electron chi connectivity index (χ1n) is 19.3. The number of thioether (sulfide) groups is 1. The van der Waals surface area contributed by atoms with E-state index in [4.69, 9.17) is 0 Å². The van der Waals surface area contributed by atoms with Crippen LogP contribution in [-0.4, -0.2) is 0 Å². The van der Waals surface area contributed by atoms with Crippen LogP contribution >= 0.6 is 23.5 Å². The van der Waals surface area contributed by atoms with Crippen molar-refractivity contribution >= 4 is 52.0 Å². The van der Waals surface area contributed by atoms with Crippen molar-refractivity contribution < 1.29 is 0 Å². The Bertz CT molecular complexity index is 2670. The van der Waals surface area contributed by atoms with Crippen molar-refractivity contribution in [1.29, 1.82) is 0 Å². The molecule has 0 N–H and O–H groups in total. The number of allylic oxidation sites excluding steroid dienone is 3. The number of hydrogen-bond donors (Lipinski definition) is 0. The molecule has 2 heterocycles. The highest BCUT2D eigenvalue weighted by molar-refractivity contribution is 8.03. The number of para-hydroxylation sites is 3. The van der Waals surface area contributed by atoms with Crippen molar-refractivity contribution in [3.8, 4) is 22.3 Å². The van der Waals surface area contributed by atoms with E-state index in [1.165, 1.54) is 109 Å². The molecule has 0 saturated carbocycles. The summed E-state index contributed by atoms with van der Waals surface area (Å²) in [7, 11) is 0. The van der Waals surface area contributed by atoms with Crippen LogP contribution < -0.4 is 9.80 Å². The van der Waals surface area contributed by atoms with E-state index in [1.54, 1.807) is 0 Å². The summed E-state index contributed by atoms with van der Waals surface area (Å²) >= 11 is 3.82. The van der Waals surface area contributed by atoms with Crippen LogP contribution in [0.4, 0.5) is 28.4 Å². The summed E-state index contributed by atoms with van der Waals surface area (Å²) in [5.74, 6) is 0. The van der Waals surface area contributed by atoms with E-state index in [-0.39, 0.29) is 10.8 Å². The Labute approximate surface area is 327 Å². The molecule has 0 radical (unpaired) electrons. The monoisotopic (exact) mass is 734 g/mol. The zero-order valence-corrected chi connectivity index (χ0v) is 33.3. The van der Waals surface area contributed by atoms with E-state index in [0.29, 0.717) is 0 Å². The SMILES string of the molecule is Cc1c(C)c2c(c3c1-c1ccc(N4C5=C(CCC=C5)Sc5ccccc54)cc1C3(C)C)C(C)(C)c1cc(N3c4ccccc4Sc4ccccc43)ccc1-2. The molecule has 6 aromatic carbocycles. The molecule has 0 atom stereocenters. The molecule has 11 rings (SSSR count). The molecule has 264 valence electrons. The zero-order chi connectivity index (χ0) is 36.7. The van der Waals surface area contributed by atoms with Gasteiger partial charge in [0.1, 0.15) is 0 Å². The number of fused-ring (bicyclic) bond motifs is 10. The first-order chi connectivity index (χ1) is 26.1. The number of benzene rings is 6. The van der Waals surface area contributed by atoms with Gasteiger partial charge in [0.25, 0.3) is 0 Å². The van der Waals surface area contributed by atoms with Crippen LogP contribution in [-0.2, 0) is 10.8 Å². The quantitative estimate of drug-likeness (QED) is 0.174. The Morgan fingerprint density at radius 3 is 1.54 bits per heavy atom. The second-order valence-corrected chi connectivity index (χ2v) is 18.7. The van der Waals surface area contributed by atoms with Gasteiger partial charge in [-0.2, -0.15) is 0 Å². The Hall–Kier alpha value is -4.90. The van der Waals surface area contributed by atoms with E-state index in [1.807, 2.05) is 23.5 Å².